The maximum atomic E-state index is 12.5. The molecular weight excluding hydrogens is 333 g/mol. The van der Waals surface area contributed by atoms with Crippen molar-refractivity contribution in [2.24, 2.45) is 5.92 Å². The second kappa shape index (κ2) is 9.15. The summed E-state index contributed by atoms with van der Waals surface area (Å²) in [5.41, 5.74) is 0.978. The van der Waals surface area contributed by atoms with Crippen LogP contribution in [-0.2, 0) is 16.1 Å². The number of ketones is 1. The highest BCUT2D eigenvalue weighted by Gasteiger charge is 2.45. The van der Waals surface area contributed by atoms with Crippen LogP contribution in [0, 0.1) is 5.92 Å². The Morgan fingerprint density at radius 3 is 2.38 bits per heavy atom. The summed E-state index contributed by atoms with van der Waals surface area (Å²) in [6.07, 6.45) is 5.80. The molecule has 142 valence electrons. The van der Waals surface area contributed by atoms with Crippen LogP contribution in [0.5, 0.6) is 0 Å². The molecule has 5 heteroatoms. The quantitative estimate of drug-likeness (QED) is 0.632. The van der Waals surface area contributed by atoms with Crippen LogP contribution in [0.2, 0.25) is 0 Å². The summed E-state index contributed by atoms with van der Waals surface area (Å²) in [5.74, 6) is 0.342. The zero-order valence-corrected chi connectivity index (χ0v) is 15.2. The van der Waals surface area contributed by atoms with E-state index >= 15 is 0 Å². The summed E-state index contributed by atoms with van der Waals surface area (Å²) in [6.45, 7) is -0.0195. The van der Waals surface area contributed by atoms with E-state index in [2.05, 4.69) is 0 Å². The van der Waals surface area contributed by atoms with Gasteiger partial charge in [0.1, 0.15) is 12.4 Å². The molecule has 0 N–H and O–H groups in total. The van der Waals surface area contributed by atoms with Crippen LogP contribution in [-0.4, -0.2) is 35.5 Å². The third kappa shape index (κ3) is 4.63. The Kier molecular flexibility index (Phi) is 6.64. The van der Waals surface area contributed by atoms with Gasteiger partial charge in [0, 0.05) is 24.4 Å². The predicted octanol–water partition coefficient (Wildman–Crippen LogP) is 4.67. The molecule has 2 aliphatic rings. The van der Waals surface area contributed by atoms with Crippen LogP contribution in [0.4, 0.5) is 9.18 Å². The zero-order valence-electron chi connectivity index (χ0n) is 15.2. The summed E-state index contributed by atoms with van der Waals surface area (Å²) in [4.78, 5) is 26.8. The van der Waals surface area contributed by atoms with Crippen LogP contribution in [0.1, 0.15) is 56.9 Å². The topological polar surface area (TPSA) is 46.6 Å². The summed E-state index contributed by atoms with van der Waals surface area (Å²) >= 11 is 0. The molecule has 2 fully saturated rings. The number of piperidine rings is 1. The number of carbonyl (C=O) groups is 2. The van der Waals surface area contributed by atoms with E-state index < -0.39 is 0 Å². The van der Waals surface area contributed by atoms with Crippen molar-refractivity contribution in [1.82, 2.24) is 4.90 Å². The van der Waals surface area contributed by atoms with Crippen molar-refractivity contribution < 1.29 is 18.7 Å². The third-order valence-electron chi connectivity index (χ3n) is 5.66. The lowest BCUT2D eigenvalue weighted by atomic mass is 9.85. The first-order chi connectivity index (χ1) is 12.7. The fourth-order valence-corrected chi connectivity index (χ4v) is 4.31. The van der Waals surface area contributed by atoms with E-state index in [1.54, 1.807) is 0 Å². The highest BCUT2D eigenvalue weighted by atomic mass is 19.1. The Bertz CT molecular complexity index is 593. The van der Waals surface area contributed by atoms with Gasteiger partial charge in [-0.15, -0.1) is 0 Å². The van der Waals surface area contributed by atoms with Crippen molar-refractivity contribution in [3.8, 4) is 0 Å². The van der Waals surface area contributed by atoms with Gasteiger partial charge in [0.05, 0.1) is 6.67 Å². The minimum Gasteiger partial charge on any atom is -0.445 e. The number of halogens is 1. The van der Waals surface area contributed by atoms with Gasteiger partial charge in [-0.05, 0) is 44.1 Å². The fourth-order valence-electron chi connectivity index (χ4n) is 4.31. The van der Waals surface area contributed by atoms with Gasteiger partial charge in [0.15, 0.2) is 0 Å². The average molecular weight is 361 g/mol. The van der Waals surface area contributed by atoms with Gasteiger partial charge in [0.25, 0.3) is 0 Å². The van der Waals surface area contributed by atoms with Gasteiger partial charge in [-0.2, -0.15) is 0 Å². The molecule has 26 heavy (non-hydrogen) atoms. The van der Waals surface area contributed by atoms with Crippen molar-refractivity contribution in [2.75, 3.05) is 6.67 Å². The van der Waals surface area contributed by atoms with E-state index in [4.69, 9.17) is 4.74 Å². The molecule has 0 aliphatic carbocycles. The number of rotatable bonds is 8. The van der Waals surface area contributed by atoms with Crippen molar-refractivity contribution in [2.45, 2.75) is 70.1 Å². The highest BCUT2D eigenvalue weighted by Crippen LogP contribution is 2.40. The number of ether oxygens (including phenoxy) is 1. The minimum absolute atomic E-state index is 0.0519. The molecule has 1 amide bonds. The first kappa shape index (κ1) is 18.9. The number of fused-ring (bicyclic) bond motifs is 2. The lowest BCUT2D eigenvalue weighted by molar-refractivity contribution is -0.125. The van der Waals surface area contributed by atoms with Gasteiger partial charge >= 0.3 is 6.09 Å². The maximum absolute atomic E-state index is 12.5. The number of hydrogen-bond acceptors (Lipinski definition) is 3. The number of Topliss-reactive ketones (excluding diaryl/α,β-unsaturated/α-hetero) is 1. The SMILES string of the molecule is O=C(CCCCCF)C1CC2CCC(C1)N2C(=O)OCc1ccccc1. The molecule has 2 bridgehead atoms. The summed E-state index contributed by atoms with van der Waals surface area (Å²) in [6, 6.07) is 9.92. The monoisotopic (exact) mass is 361 g/mol. The van der Waals surface area contributed by atoms with Crippen molar-refractivity contribution in [1.29, 1.82) is 0 Å². The van der Waals surface area contributed by atoms with Crippen LogP contribution in [0.15, 0.2) is 30.3 Å². The summed E-state index contributed by atoms with van der Waals surface area (Å²) < 4.78 is 17.6. The van der Waals surface area contributed by atoms with Gasteiger partial charge in [-0.25, -0.2) is 4.79 Å². The van der Waals surface area contributed by atoms with E-state index in [1.807, 2.05) is 35.2 Å². The standard InChI is InChI=1S/C21H28FNO3/c22-12-6-2-5-9-20(24)17-13-18-10-11-19(14-17)23(18)21(25)26-15-16-7-3-1-4-8-16/h1,3-4,7-8,17-19H,2,5-6,9-15H2. The molecule has 3 rings (SSSR count). The molecule has 2 unspecified atom stereocenters. The summed E-state index contributed by atoms with van der Waals surface area (Å²) in [5, 5.41) is 0. The van der Waals surface area contributed by atoms with Gasteiger partial charge in [-0.1, -0.05) is 36.8 Å². The number of nitrogens with zero attached hydrogens (tertiary/aromatic N) is 1. The molecule has 0 saturated carbocycles. The number of amides is 1. The van der Waals surface area contributed by atoms with E-state index in [0.717, 1.165) is 44.1 Å². The normalized spacial score (nSPS) is 24.5. The second-order valence-corrected chi connectivity index (χ2v) is 7.47. The third-order valence-corrected chi connectivity index (χ3v) is 5.66. The molecule has 2 heterocycles. The Morgan fingerprint density at radius 1 is 1.04 bits per heavy atom. The molecule has 0 aromatic heterocycles. The molecule has 0 radical (unpaired) electrons. The molecule has 0 spiro atoms. The smallest absolute Gasteiger partial charge is 0.410 e. The molecule has 2 aliphatic heterocycles. The fraction of sp³-hybridized carbons (Fsp3) is 0.619. The van der Waals surface area contributed by atoms with Crippen molar-refractivity contribution in [3.05, 3.63) is 35.9 Å². The summed E-state index contributed by atoms with van der Waals surface area (Å²) in [7, 11) is 0. The first-order valence-electron chi connectivity index (χ1n) is 9.76. The molecule has 4 nitrogen and oxygen atoms in total. The van der Waals surface area contributed by atoms with Crippen molar-refractivity contribution in [3.63, 3.8) is 0 Å². The molecular formula is C21H28FNO3. The molecule has 2 saturated heterocycles. The van der Waals surface area contributed by atoms with Crippen LogP contribution >= 0.6 is 0 Å². The van der Waals surface area contributed by atoms with Crippen LogP contribution in [0.3, 0.4) is 0 Å². The minimum atomic E-state index is -0.304. The Balaban J connectivity index is 1.48. The molecule has 1 aromatic rings. The van der Waals surface area contributed by atoms with Gasteiger partial charge < -0.3 is 9.64 Å². The highest BCUT2D eigenvalue weighted by molar-refractivity contribution is 5.81. The zero-order chi connectivity index (χ0) is 18.4. The van der Waals surface area contributed by atoms with Gasteiger partial charge in [-0.3, -0.25) is 9.18 Å². The van der Waals surface area contributed by atoms with Crippen LogP contribution < -0.4 is 0 Å². The predicted molar refractivity (Wildman–Crippen MR) is 97.5 cm³/mol. The largest absolute Gasteiger partial charge is 0.445 e. The maximum Gasteiger partial charge on any atom is 0.410 e. The average Bonchev–Trinajstić information content (AvgIpc) is 2.93. The number of alkyl halides is 1. The Labute approximate surface area is 154 Å². The van der Waals surface area contributed by atoms with E-state index in [1.165, 1.54) is 0 Å². The van der Waals surface area contributed by atoms with Crippen LogP contribution in [0.25, 0.3) is 0 Å². The number of carbonyl (C=O) groups excluding carboxylic acids is 2. The lowest BCUT2D eigenvalue weighted by Gasteiger charge is -2.37. The Hall–Kier alpha value is -1.91. The second-order valence-electron chi connectivity index (χ2n) is 7.47. The van der Waals surface area contributed by atoms with E-state index in [0.29, 0.717) is 12.8 Å². The number of hydrogen-bond donors (Lipinski definition) is 0. The number of benzene rings is 1. The molecule has 2 atom stereocenters. The lowest BCUT2D eigenvalue weighted by Crippen LogP contribution is -2.48. The van der Waals surface area contributed by atoms with Crippen molar-refractivity contribution >= 4 is 11.9 Å². The number of unbranched alkanes of at least 4 members (excludes halogenated alkanes) is 2. The van der Waals surface area contributed by atoms with E-state index in [9.17, 15) is 14.0 Å². The molecule has 1 aromatic carbocycles. The Morgan fingerprint density at radius 2 is 1.73 bits per heavy atom. The first-order valence-corrected chi connectivity index (χ1v) is 9.76. The van der Waals surface area contributed by atoms with E-state index in [-0.39, 0.29) is 43.2 Å². The van der Waals surface area contributed by atoms with Gasteiger partial charge in [0.2, 0.25) is 0 Å².